The molecule has 6 nitrogen and oxygen atoms in total. The van der Waals surface area contributed by atoms with Crippen molar-refractivity contribution in [1.82, 2.24) is 13.5 Å². The van der Waals surface area contributed by atoms with Crippen LogP contribution in [0.2, 0.25) is 0 Å². The third kappa shape index (κ3) is 4.94. The van der Waals surface area contributed by atoms with Gasteiger partial charge in [0.05, 0.1) is 0 Å². The average Bonchev–Trinajstić information content (AvgIpc) is 2.63. The summed E-state index contributed by atoms with van der Waals surface area (Å²) < 4.78 is 34.6. The van der Waals surface area contributed by atoms with Gasteiger partial charge in [-0.3, -0.25) is 4.90 Å². The van der Waals surface area contributed by atoms with Crippen LogP contribution in [0.3, 0.4) is 0 Å². The van der Waals surface area contributed by atoms with E-state index in [1.165, 1.54) is 0 Å². The second kappa shape index (κ2) is 8.49. The van der Waals surface area contributed by atoms with Gasteiger partial charge in [-0.05, 0) is 30.9 Å². The third-order valence-corrected chi connectivity index (χ3v) is 7.18. The molecule has 0 aliphatic carbocycles. The predicted octanol–water partition coefficient (Wildman–Crippen LogP) is 1.66. The molecule has 7 heteroatoms. The summed E-state index contributed by atoms with van der Waals surface area (Å²) >= 11 is 0. The van der Waals surface area contributed by atoms with Gasteiger partial charge in [0, 0.05) is 45.8 Å². The summed E-state index contributed by atoms with van der Waals surface area (Å²) in [6.45, 7) is 7.64. The molecule has 0 atom stereocenters. The minimum atomic E-state index is -3.29. The predicted molar refractivity (Wildman–Crippen MR) is 98.8 cm³/mol. The summed E-state index contributed by atoms with van der Waals surface area (Å²) in [7, 11) is -3.29. The summed E-state index contributed by atoms with van der Waals surface area (Å²) in [6, 6.07) is 9.78. The minimum absolute atomic E-state index is 0.569. The van der Waals surface area contributed by atoms with E-state index in [2.05, 4.69) is 11.8 Å². The number of hydrogen-bond donors (Lipinski definition) is 0. The lowest BCUT2D eigenvalue weighted by Crippen LogP contribution is -2.54. The van der Waals surface area contributed by atoms with Crippen LogP contribution in [0.4, 0.5) is 0 Å². The lowest BCUT2D eigenvalue weighted by molar-refractivity contribution is 0.152. The van der Waals surface area contributed by atoms with E-state index in [9.17, 15) is 8.42 Å². The number of rotatable bonds is 6. The van der Waals surface area contributed by atoms with Crippen molar-refractivity contribution in [2.75, 3.05) is 52.4 Å². The van der Waals surface area contributed by atoms with E-state index in [1.807, 2.05) is 30.3 Å². The molecular formula is C18H29N3O3S. The Morgan fingerprint density at radius 1 is 0.960 bits per heavy atom. The normalized spacial score (nSPS) is 22.1. The summed E-state index contributed by atoms with van der Waals surface area (Å²) in [5.74, 6) is 1.51. The SMILES string of the molecule is CC1CCN(S(=O)(=O)N2CCN(CCOc3ccccc3)CC2)CC1. The van der Waals surface area contributed by atoms with Crippen molar-refractivity contribution in [2.24, 2.45) is 5.92 Å². The highest BCUT2D eigenvalue weighted by atomic mass is 32.2. The number of hydrogen-bond acceptors (Lipinski definition) is 4. The van der Waals surface area contributed by atoms with Crippen LogP contribution in [0, 0.1) is 5.92 Å². The van der Waals surface area contributed by atoms with Crippen LogP contribution in [0.15, 0.2) is 30.3 Å². The van der Waals surface area contributed by atoms with Gasteiger partial charge in [0.15, 0.2) is 0 Å². The lowest BCUT2D eigenvalue weighted by atomic mass is 10.0. The molecule has 0 radical (unpaired) electrons. The first-order valence-corrected chi connectivity index (χ1v) is 10.6. The fraction of sp³-hybridized carbons (Fsp3) is 0.667. The molecule has 0 unspecified atom stereocenters. The lowest BCUT2D eigenvalue weighted by Gasteiger charge is -2.38. The van der Waals surface area contributed by atoms with E-state index in [-0.39, 0.29) is 0 Å². The van der Waals surface area contributed by atoms with E-state index in [0.29, 0.717) is 38.7 Å². The van der Waals surface area contributed by atoms with Crippen LogP contribution >= 0.6 is 0 Å². The van der Waals surface area contributed by atoms with Gasteiger partial charge in [0.1, 0.15) is 12.4 Å². The van der Waals surface area contributed by atoms with Crippen molar-refractivity contribution >= 4 is 10.2 Å². The van der Waals surface area contributed by atoms with Gasteiger partial charge in [-0.1, -0.05) is 25.1 Å². The number of para-hydroxylation sites is 1. The molecule has 0 bridgehead atoms. The Morgan fingerprint density at radius 2 is 1.56 bits per heavy atom. The Balaban J connectivity index is 1.42. The van der Waals surface area contributed by atoms with E-state index >= 15 is 0 Å². The average molecular weight is 368 g/mol. The molecular weight excluding hydrogens is 338 g/mol. The third-order valence-electron chi connectivity index (χ3n) is 5.15. The first-order valence-electron chi connectivity index (χ1n) is 9.21. The second-order valence-corrected chi connectivity index (χ2v) is 8.92. The maximum absolute atomic E-state index is 12.8. The van der Waals surface area contributed by atoms with E-state index in [4.69, 9.17) is 4.74 Å². The van der Waals surface area contributed by atoms with Crippen molar-refractivity contribution in [2.45, 2.75) is 19.8 Å². The molecule has 2 fully saturated rings. The van der Waals surface area contributed by atoms with Crippen LogP contribution in [0.1, 0.15) is 19.8 Å². The Hall–Kier alpha value is -1.15. The van der Waals surface area contributed by atoms with Crippen molar-refractivity contribution in [1.29, 1.82) is 0 Å². The highest BCUT2D eigenvalue weighted by Gasteiger charge is 2.33. The molecule has 25 heavy (non-hydrogen) atoms. The first-order chi connectivity index (χ1) is 12.1. The van der Waals surface area contributed by atoms with E-state index in [0.717, 1.165) is 38.2 Å². The molecule has 2 heterocycles. The van der Waals surface area contributed by atoms with Crippen molar-refractivity contribution in [3.63, 3.8) is 0 Å². The van der Waals surface area contributed by atoms with Gasteiger partial charge < -0.3 is 4.74 Å². The molecule has 2 saturated heterocycles. The molecule has 0 N–H and O–H groups in total. The summed E-state index contributed by atoms with van der Waals surface area (Å²) in [5.41, 5.74) is 0. The van der Waals surface area contributed by atoms with Crippen LogP contribution in [-0.2, 0) is 10.2 Å². The molecule has 2 aliphatic heterocycles. The maximum Gasteiger partial charge on any atom is 0.282 e. The second-order valence-electron chi connectivity index (χ2n) is 6.99. The van der Waals surface area contributed by atoms with Crippen molar-refractivity contribution < 1.29 is 13.2 Å². The van der Waals surface area contributed by atoms with Gasteiger partial charge in [-0.25, -0.2) is 0 Å². The molecule has 140 valence electrons. The van der Waals surface area contributed by atoms with Gasteiger partial charge >= 0.3 is 0 Å². The highest BCUT2D eigenvalue weighted by molar-refractivity contribution is 7.86. The fourth-order valence-electron chi connectivity index (χ4n) is 3.37. The number of piperazine rings is 1. The molecule has 2 aliphatic rings. The monoisotopic (exact) mass is 367 g/mol. The van der Waals surface area contributed by atoms with Crippen LogP contribution in [-0.4, -0.2) is 74.3 Å². The van der Waals surface area contributed by atoms with Crippen LogP contribution in [0.5, 0.6) is 5.75 Å². The van der Waals surface area contributed by atoms with Crippen molar-refractivity contribution in [3.05, 3.63) is 30.3 Å². The smallest absolute Gasteiger partial charge is 0.282 e. The quantitative estimate of drug-likeness (QED) is 0.767. The van der Waals surface area contributed by atoms with Crippen LogP contribution in [0.25, 0.3) is 0 Å². The molecule has 3 rings (SSSR count). The minimum Gasteiger partial charge on any atom is -0.492 e. The Kier molecular flexibility index (Phi) is 6.33. The molecule has 1 aromatic carbocycles. The standard InChI is InChI=1S/C18H29N3O3S/c1-17-7-9-20(10-8-17)25(22,23)21-13-11-19(12-14-21)15-16-24-18-5-3-2-4-6-18/h2-6,17H,7-16H2,1H3. The van der Waals surface area contributed by atoms with Gasteiger partial charge in [-0.2, -0.15) is 17.0 Å². The zero-order chi connectivity index (χ0) is 17.7. The molecule has 0 saturated carbocycles. The van der Waals surface area contributed by atoms with Gasteiger partial charge in [0.2, 0.25) is 0 Å². The van der Waals surface area contributed by atoms with Crippen LogP contribution < -0.4 is 4.74 Å². The summed E-state index contributed by atoms with van der Waals surface area (Å²) in [5, 5.41) is 0. The van der Waals surface area contributed by atoms with E-state index in [1.54, 1.807) is 8.61 Å². The largest absolute Gasteiger partial charge is 0.492 e. The maximum atomic E-state index is 12.8. The Morgan fingerprint density at radius 3 is 2.20 bits per heavy atom. The Bertz CT molecular complexity index is 622. The number of nitrogens with zero attached hydrogens (tertiary/aromatic N) is 3. The number of piperidine rings is 1. The summed E-state index contributed by atoms with van der Waals surface area (Å²) in [6.07, 6.45) is 1.94. The summed E-state index contributed by atoms with van der Waals surface area (Å²) in [4.78, 5) is 2.27. The van der Waals surface area contributed by atoms with Gasteiger partial charge in [-0.15, -0.1) is 0 Å². The van der Waals surface area contributed by atoms with E-state index < -0.39 is 10.2 Å². The topological polar surface area (TPSA) is 53.1 Å². The van der Waals surface area contributed by atoms with Crippen molar-refractivity contribution in [3.8, 4) is 5.75 Å². The Labute approximate surface area is 151 Å². The molecule has 0 aromatic heterocycles. The molecule has 0 amide bonds. The zero-order valence-electron chi connectivity index (χ0n) is 15.0. The number of ether oxygens (including phenoxy) is 1. The molecule has 0 spiro atoms. The molecule has 1 aromatic rings. The van der Waals surface area contributed by atoms with Gasteiger partial charge in [0.25, 0.3) is 10.2 Å². The fourth-order valence-corrected chi connectivity index (χ4v) is 5.00. The highest BCUT2D eigenvalue weighted by Crippen LogP contribution is 2.21. The number of benzene rings is 1. The zero-order valence-corrected chi connectivity index (χ0v) is 15.8. The first kappa shape index (κ1) is 18.6.